The first-order chi connectivity index (χ1) is 8.66. The molecular weight excluding hydrogens is 254 g/mol. The van der Waals surface area contributed by atoms with E-state index < -0.39 is 0 Å². The maximum absolute atomic E-state index is 11.9. The second-order valence-electron chi connectivity index (χ2n) is 4.22. The summed E-state index contributed by atoms with van der Waals surface area (Å²) in [7, 11) is 0. The van der Waals surface area contributed by atoms with Crippen molar-refractivity contribution in [1.82, 2.24) is 14.9 Å². The molecular formula is C11H16ClN5O. The van der Waals surface area contributed by atoms with Crippen molar-refractivity contribution < 1.29 is 4.79 Å². The lowest BCUT2D eigenvalue weighted by molar-refractivity contribution is -0.130. The Kier molecular flexibility index (Phi) is 4.19. The highest BCUT2D eigenvalue weighted by molar-refractivity contribution is 6.32. The molecule has 0 spiro atoms. The minimum Gasteiger partial charge on any atom is -0.368 e. The Hall–Kier alpha value is -1.56. The number of rotatable bonds is 3. The largest absolute Gasteiger partial charge is 0.368 e. The molecule has 1 aromatic rings. The van der Waals surface area contributed by atoms with E-state index in [0.29, 0.717) is 10.8 Å². The third-order valence-corrected chi connectivity index (χ3v) is 3.16. The number of piperidine rings is 1. The van der Waals surface area contributed by atoms with Gasteiger partial charge < -0.3 is 16.0 Å². The standard InChI is InChI=1S/C11H16ClN5O/c12-8-6-15-11(13)16-10(8)14-7-9(18)17-4-2-1-3-5-17/h6H,1-5,7H2,(H3,13,14,15,16). The van der Waals surface area contributed by atoms with Gasteiger partial charge in [0, 0.05) is 13.1 Å². The van der Waals surface area contributed by atoms with Crippen molar-refractivity contribution in [2.45, 2.75) is 19.3 Å². The molecule has 1 amide bonds. The number of likely N-dealkylation sites (tertiary alicyclic amines) is 1. The molecule has 0 bridgehead atoms. The number of hydrogen-bond acceptors (Lipinski definition) is 5. The summed E-state index contributed by atoms with van der Waals surface area (Å²) >= 11 is 5.90. The molecule has 7 heteroatoms. The number of nitrogen functional groups attached to an aromatic ring is 1. The predicted octanol–water partition coefficient (Wildman–Crippen LogP) is 1.14. The molecule has 2 heterocycles. The second kappa shape index (κ2) is 5.86. The monoisotopic (exact) mass is 269 g/mol. The first kappa shape index (κ1) is 12.9. The fourth-order valence-corrected chi connectivity index (χ4v) is 2.08. The van der Waals surface area contributed by atoms with Crippen LogP contribution in [0.3, 0.4) is 0 Å². The Balaban J connectivity index is 1.90. The topological polar surface area (TPSA) is 84.1 Å². The van der Waals surface area contributed by atoms with Crippen LogP contribution in [0.25, 0.3) is 0 Å². The Morgan fingerprint density at radius 2 is 2.17 bits per heavy atom. The number of aromatic nitrogens is 2. The number of carbonyl (C=O) groups excluding carboxylic acids is 1. The molecule has 0 aliphatic carbocycles. The molecule has 0 atom stereocenters. The third-order valence-electron chi connectivity index (χ3n) is 2.88. The maximum atomic E-state index is 11.9. The first-order valence-electron chi connectivity index (χ1n) is 5.96. The number of nitrogens with two attached hydrogens (primary N) is 1. The van der Waals surface area contributed by atoms with Gasteiger partial charge in [0.05, 0.1) is 12.7 Å². The highest BCUT2D eigenvalue weighted by atomic mass is 35.5. The van der Waals surface area contributed by atoms with Crippen molar-refractivity contribution in [3.63, 3.8) is 0 Å². The van der Waals surface area contributed by atoms with E-state index in [1.165, 1.54) is 12.6 Å². The van der Waals surface area contributed by atoms with Crippen LogP contribution in [-0.4, -0.2) is 40.4 Å². The van der Waals surface area contributed by atoms with Crippen LogP contribution in [0.4, 0.5) is 11.8 Å². The van der Waals surface area contributed by atoms with Gasteiger partial charge in [-0.2, -0.15) is 4.98 Å². The Bertz CT molecular complexity index is 433. The van der Waals surface area contributed by atoms with Crippen molar-refractivity contribution in [3.8, 4) is 0 Å². The molecule has 0 aromatic carbocycles. The second-order valence-corrected chi connectivity index (χ2v) is 4.63. The fourth-order valence-electron chi connectivity index (χ4n) is 1.92. The number of hydrogen-bond donors (Lipinski definition) is 2. The van der Waals surface area contributed by atoms with Crippen LogP contribution >= 0.6 is 11.6 Å². The number of carbonyl (C=O) groups is 1. The average molecular weight is 270 g/mol. The highest BCUT2D eigenvalue weighted by Crippen LogP contribution is 2.18. The van der Waals surface area contributed by atoms with Gasteiger partial charge in [-0.3, -0.25) is 4.79 Å². The van der Waals surface area contributed by atoms with Gasteiger partial charge in [0.25, 0.3) is 0 Å². The molecule has 1 saturated heterocycles. The molecule has 0 unspecified atom stereocenters. The van der Waals surface area contributed by atoms with Gasteiger partial charge in [-0.1, -0.05) is 11.6 Å². The third kappa shape index (κ3) is 3.22. The smallest absolute Gasteiger partial charge is 0.241 e. The fraction of sp³-hybridized carbons (Fsp3) is 0.545. The van der Waals surface area contributed by atoms with Gasteiger partial charge in [-0.05, 0) is 19.3 Å². The van der Waals surface area contributed by atoms with Gasteiger partial charge >= 0.3 is 0 Å². The average Bonchev–Trinajstić information content (AvgIpc) is 2.40. The van der Waals surface area contributed by atoms with Crippen molar-refractivity contribution in [1.29, 1.82) is 0 Å². The van der Waals surface area contributed by atoms with E-state index in [2.05, 4.69) is 15.3 Å². The maximum Gasteiger partial charge on any atom is 0.241 e. The molecule has 1 aromatic heterocycles. The van der Waals surface area contributed by atoms with E-state index in [4.69, 9.17) is 17.3 Å². The minimum atomic E-state index is 0.0583. The van der Waals surface area contributed by atoms with E-state index >= 15 is 0 Å². The molecule has 98 valence electrons. The predicted molar refractivity (Wildman–Crippen MR) is 70.4 cm³/mol. The molecule has 0 radical (unpaired) electrons. The Morgan fingerprint density at radius 1 is 1.44 bits per heavy atom. The number of nitrogens with one attached hydrogen (secondary N) is 1. The number of amides is 1. The van der Waals surface area contributed by atoms with Crippen LogP contribution in [0, 0.1) is 0 Å². The summed E-state index contributed by atoms with van der Waals surface area (Å²) < 4.78 is 0. The molecule has 0 saturated carbocycles. The molecule has 6 nitrogen and oxygen atoms in total. The summed E-state index contributed by atoms with van der Waals surface area (Å²) in [5, 5.41) is 3.25. The van der Waals surface area contributed by atoms with Gasteiger partial charge in [0.2, 0.25) is 11.9 Å². The van der Waals surface area contributed by atoms with Crippen LogP contribution in [0.5, 0.6) is 0 Å². The van der Waals surface area contributed by atoms with E-state index in [-0.39, 0.29) is 18.4 Å². The minimum absolute atomic E-state index is 0.0583. The van der Waals surface area contributed by atoms with Gasteiger partial charge in [-0.25, -0.2) is 4.98 Å². The van der Waals surface area contributed by atoms with Gasteiger partial charge in [0.1, 0.15) is 5.02 Å². The lowest BCUT2D eigenvalue weighted by atomic mass is 10.1. The summed E-state index contributed by atoms with van der Waals surface area (Å²) in [6, 6.07) is 0. The van der Waals surface area contributed by atoms with Crippen LogP contribution in [0.15, 0.2) is 6.20 Å². The Labute approximate surface area is 111 Å². The van der Waals surface area contributed by atoms with E-state index in [1.54, 1.807) is 0 Å². The normalized spacial score (nSPS) is 15.5. The number of nitrogens with zero attached hydrogens (tertiary/aromatic N) is 3. The zero-order valence-corrected chi connectivity index (χ0v) is 10.8. The van der Waals surface area contributed by atoms with Crippen molar-refractivity contribution >= 4 is 29.3 Å². The van der Waals surface area contributed by atoms with Gasteiger partial charge in [-0.15, -0.1) is 0 Å². The lowest BCUT2D eigenvalue weighted by Crippen LogP contribution is -2.39. The summed E-state index contributed by atoms with van der Waals surface area (Å²) in [6.07, 6.45) is 4.77. The quantitative estimate of drug-likeness (QED) is 0.860. The SMILES string of the molecule is Nc1ncc(Cl)c(NCC(=O)N2CCCCC2)n1. The molecule has 18 heavy (non-hydrogen) atoms. The first-order valence-corrected chi connectivity index (χ1v) is 6.34. The van der Waals surface area contributed by atoms with E-state index in [1.807, 2.05) is 4.90 Å². The highest BCUT2D eigenvalue weighted by Gasteiger charge is 2.16. The molecule has 1 aliphatic heterocycles. The molecule has 1 aliphatic rings. The zero-order valence-electron chi connectivity index (χ0n) is 10.0. The van der Waals surface area contributed by atoms with Crippen molar-refractivity contribution in [3.05, 3.63) is 11.2 Å². The van der Waals surface area contributed by atoms with Crippen LogP contribution < -0.4 is 11.1 Å². The van der Waals surface area contributed by atoms with Crippen LogP contribution in [0.2, 0.25) is 5.02 Å². The molecule has 2 rings (SSSR count). The Morgan fingerprint density at radius 3 is 2.89 bits per heavy atom. The number of anilines is 2. The van der Waals surface area contributed by atoms with Crippen molar-refractivity contribution in [2.24, 2.45) is 0 Å². The lowest BCUT2D eigenvalue weighted by Gasteiger charge is -2.26. The summed E-state index contributed by atoms with van der Waals surface area (Å²) in [6.45, 7) is 1.84. The van der Waals surface area contributed by atoms with Crippen LogP contribution in [-0.2, 0) is 4.79 Å². The zero-order chi connectivity index (χ0) is 13.0. The summed E-state index contributed by atoms with van der Waals surface area (Å²) in [5.41, 5.74) is 5.46. The summed E-state index contributed by atoms with van der Waals surface area (Å²) in [5.74, 6) is 0.588. The number of halogens is 1. The van der Waals surface area contributed by atoms with Gasteiger partial charge in [0.15, 0.2) is 5.82 Å². The molecule has 3 N–H and O–H groups in total. The van der Waals surface area contributed by atoms with Crippen LogP contribution in [0.1, 0.15) is 19.3 Å². The van der Waals surface area contributed by atoms with Crippen molar-refractivity contribution in [2.75, 3.05) is 30.7 Å². The van der Waals surface area contributed by atoms with E-state index in [0.717, 1.165) is 25.9 Å². The van der Waals surface area contributed by atoms with E-state index in [9.17, 15) is 4.79 Å². The molecule has 1 fully saturated rings. The summed E-state index contributed by atoms with van der Waals surface area (Å²) in [4.78, 5) is 21.5.